The van der Waals surface area contributed by atoms with E-state index in [1.54, 1.807) is 7.11 Å². The predicted molar refractivity (Wildman–Crippen MR) is 115 cm³/mol. The summed E-state index contributed by atoms with van der Waals surface area (Å²) in [5, 5.41) is 3.29. The van der Waals surface area contributed by atoms with Crippen LogP contribution in [0.4, 0.5) is 11.8 Å². The number of sulfonamides is 1. The van der Waals surface area contributed by atoms with Gasteiger partial charge in [0.2, 0.25) is 16.0 Å². The Balaban J connectivity index is 1.64. The molecule has 9 nitrogen and oxygen atoms in total. The molecule has 2 aliphatic rings. The summed E-state index contributed by atoms with van der Waals surface area (Å²) in [5.41, 5.74) is 2.27. The van der Waals surface area contributed by atoms with E-state index in [2.05, 4.69) is 26.9 Å². The second-order valence-electron chi connectivity index (χ2n) is 7.78. The Bertz CT molecular complexity index is 765. The summed E-state index contributed by atoms with van der Waals surface area (Å²) >= 11 is 0. The summed E-state index contributed by atoms with van der Waals surface area (Å²) in [6.07, 6.45) is 4.84. The van der Waals surface area contributed by atoms with Gasteiger partial charge < -0.3 is 19.9 Å². The van der Waals surface area contributed by atoms with E-state index in [1.165, 1.54) is 0 Å². The highest BCUT2D eigenvalue weighted by molar-refractivity contribution is 7.89. The summed E-state index contributed by atoms with van der Waals surface area (Å²) < 4.78 is 31.9. The van der Waals surface area contributed by atoms with E-state index in [0.717, 1.165) is 74.9 Å². The molecule has 0 saturated carbocycles. The van der Waals surface area contributed by atoms with Crippen molar-refractivity contribution in [3.8, 4) is 0 Å². The number of fused-ring (bicyclic) bond motifs is 1. The molecule has 1 saturated heterocycles. The lowest BCUT2D eigenvalue weighted by Crippen LogP contribution is -2.45. The minimum absolute atomic E-state index is 0.0165. The first-order valence-corrected chi connectivity index (χ1v) is 12.2. The maximum absolute atomic E-state index is 12.2. The molecule has 1 fully saturated rings. The SMILES string of the molecule is COCCCNS(=O)(=O)CCNc1nc(N2CCN(C)CC2)nc2c1CCCC2. The average molecular weight is 427 g/mol. The van der Waals surface area contributed by atoms with Gasteiger partial charge in [-0.05, 0) is 39.2 Å². The number of aromatic nitrogens is 2. The van der Waals surface area contributed by atoms with E-state index < -0.39 is 10.0 Å². The molecule has 164 valence electrons. The molecule has 29 heavy (non-hydrogen) atoms. The number of nitrogens with zero attached hydrogens (tertiary/aromatic N) is 4. The van der Waals surface area contributed by atoms with Crippen molar-refractivity contribution >= 4 is 21.8 Å². The Labute approximate surface area is 174 Å². The van der Waals surface area contributed by atoms with Gasteiger partial charge in [-0.25, -0.2) is 18.1 Å². The smallest absolute Gasteiger partial charge is 0.227 e. The van der Waals surface area contributed by atoms with Crippen molar-refractivity contribution in [1.82, 2.24) is 19.6 Å². The topological polar surface area (TPSA) is 99.7 Å². The van der Waals surface area contributed by atoms with Crippen LogP contribution in [0.1, 0.15) is 30.5 Å². The molecule has 10 heteroatoms. The number of likely N-dealkylation sites (N-methyl/N-ethyl adjacent to an activating group) is 1. The maximum Gasteiger partial charge on any atom is 0.227 e. The Hall–Kier alpha value is -1.49. The molecule has 0 amide bonds. The van der Waals surface area contributed by atoms with E-state index in [-0.39, 0.29) is 5.75 Å². The average Bonchev–Trinajstić information content (AvgIpc) is 2.71. The van der Waals surface area contributed by atoms with Crippen molar-refractivity contribution < 1.29 is 13.2 Å². The largest absolute Gasteiger partial charge is 0.385 e. The van der Waals surface area contributed by atoms with Crippen molar-refractivity contribution in [3.63, 3.8) is 0 Å². The fraction of sp³-hybridized carbons (Fsp3) is 0.789. The Kier molecular flexibility index (Phi) is 8.05. The molecule has 0 spiro atoms. The van der Waals surface area contributed by atoms with Gasteiger partial charge in [0, 0.05) is 58.5 Å². The summed E-state index contributed by atoms with van der Waals surface area (Å²) in [6.45, 7) is 5.08. The zero-order chi connectivity index (χ0) is 20.7. The molecular formula is C19H34N6O3S. The molecule has 1 aliphatic carbocycles. The van der Waals surface area contributed by atoms with Gasteiger partial charge in [0.05, 0.1) is 11.4 Å². The molecule has 1 aliphatic heterocycles. The predicted octanol–water partition coefficient (Wildman–Crippen LogP) is 0.475. The third-order valence-corrected chi connectivity index (χ3v) is 6.85. The fourth-order valence-electron chi connectivity index (χ4n) is 3.70. The van der Waals surface area contributed by atoms with E-state index in [4.69, 9.17) is 14.7 Å². The van der Waals surface area contributed by atoms with Gasteiger partial charge in [-0.1, -0.05) is 0 Å². The van der Waals surface area contributed by atoms with Crippen molar-refractivity contribution in [2.75, 3.05) is 76.0 Å². The molecule has 2 N–H and O–H groups in total. The second-order valence-corrected chi connectivity index (χ2v) is 9.71. The van der Waals surface area contributed by atoms with Crippen LogP contribution in [0.25, 0.3) is 0 Å². The van der Waals surface area contributed by atoms with Crippen LogP contribution in [0, 0.1) is 0 Å². The Morgan fingerprint density at radius 1 is 1.07 bits per heavy atom. The molecule has 0 unspecified atom stereocenters. The lowest BCUT2D eigenvalue weighted by Gasteiger charge is -2.33. The molecule has 1 aromatic heterocycles. The zero-order valence-corrected chi connectivity index (χ0v) is 18.4. The molecule has 3 rings (SSSR count). The van der Waals surface area contributed by atoms with E-state index >= 15 is 0 Å². The van der Waals surface area contributed by atoms with Crippen LogP contribution in [0.3, 0.4) is 0 Å². The van der Waals surface area contributed by atoms with Crippen LogP contribution < -0.4 is 14.9 Å². The van der Waals surface area contributed by atoms with Crippen LogP contribution in [0.5, 0.6) is 0 Å². The highest BCUT2D eigenvalue weighted by atomic mass is 32.2. The maximum atomic E-state index is 12.2. The van der Waals surface area contributed by atoms with E-state index in [9.17, 15) is 8.42 Å². The van der Waals surface area contributed by atoms with Crippen molar-refractivity contribution in [1.29, 1.82) is 0 Å². The Morgan fingerprint density at radius 2 is 1.83 bits per heavy atom. The van der Waals surface area contributed by atoms with Gasteiger partial charge in [-0.15, -0.1) is 0 Å². The van der Waals surface area contributed by atoms with Crippen molar-refractivity contribution in [2.24, 2.45) is 0 Å². The number of rotatable bonds is 10. The van der Waals surface area contributed by atoms with Gasteiger partial charge in [0.15, 0.2) is 0 Å². The quantitative estimate of drug-likeness (QED) is 0.521. The molecule has 0 aromatic carbocycles. The molecular weight excluding hydrogens is 392 g/mol. The van der Waals surface area contributed by atoms with E-state index in [1.807, 2.05) is 0 Å². The lowest BCUT2D eigenvalue weighted by molar-refractivity contribution is 0.196. The second kappa shape index (κ2) is 10.5. The van der Waals surface area contributed by atoms with Gasteiger partial charge in [0.25, 0.3) is 0 Å². The first kappa shape index (κ1) is 22.2. The normalized spacial score (nSPS) is 17.9. The van der Waals surface area contributed by atoms with Gasteiger partial charge >= 0.3 is 0 Å². The van der Waals surface area contributed by atoms with Gasteiger partial charge in [0.1, 0.15) is 5.82 Å². The zero-order valence-electron chi connectivity index (χ0n) is 17.6. The standard InChI is InChI=1S/C19H34N6O3S/c1-24-10-12-25(13-11-24)19-22-17-7-4-3-6-16(17)18(23-19)20-9-15-29(26,27)21-8-5-14-28-2/h21H,3-15H2,1-2H3,(H,20,22,23). The Morgan fingerprint density at radius 3 is 2.59 bits per heavy atom. The molecule has 0 radical (unpaired) electrons. The van der Waals surface area contributed by atoms with Crippen LogP contribution in [-0.4, -0.2) is 89.1 Å². The van der Waals surface area contributed by atoms with Crippen molar-refractivity contribution in [2.45, 2.75) is 32.1 Å². The number of nitrogens with one attached hydrogen (secondary N) is 2. The van der Waals surface area contributed by atoms with Crippen LogP contribution in [0.2, 0.25) is 0 Å². The highest BCUT2D eigenvalue weighted by Gasteiger charge is 2.22. The number of methoxy groups -OCH3 is 1. The van der Waals surface area contributed by atoms with Gasteiger partial charge in [-0.3, -0.25) is 0 Å². The molecule has 1 aromatic rings. The lowest BCUT2D eigenvalue weighted by atomic mass is 9.96. The summed E-state index contributed by atoms with van der Waals surface area (Å²) in [5.74, 6) is 1.59. The van der Waals surface area contributed by atoms with Crippen LogP contribution in [-0.2, 0) is 27.6 Å². The summed E-state index contributed by atoms with van der Waals surface area (Å²) in [6, 6.07) is 0. The first-order chi connectivity index (χ1) is 14.0. The monoisotopic (exact) mass is 426 g/mol. The van der Waals surface area contributed by atoms with Gasteiger partial charge in [-0.2, -0.15) is 4.98 Å². The van der Waals surface area contributed by atoms with Crippen LogP contribution >= 0.6 is 0 Å². The van der Waals surface area contributed by atoms with E-state index in [0.29, 0.717) is 26.1 Å². The first-order valence-electron chi connectivity index (χ1n) is 10.5. The third kappa shape index (κ3) is 6.50. The summed E-state index contributed by atoms with van der Waals surface area (Å²) in [4.78, 5) is 14.2. The number of aryl methyl sites for hydroxylation is 1. The third-order valence-electron chi connectivity index (χ3n) is 5.47. The number of hydrogen-bond acceptors (Lipinski definition) is 8. The minimum atomic E-state index is -3.32. The van der Waals surface area contributed by atoms with Crippen molar-refractivity contribution in [3.05, 3.63) is 11.3 Å². The fourth-order valence-corrected chi connectivity index (χ4v) is 4.67. The highest BCUT2D eigenvalue weighted by Crippen LogP contribution is 2.28. The molecule has 2 heterocycles. The number of anilines is 2. The summed E-state index contributed by atoms with van der Waals surface area (Å²) in [7, 11) is 0.418. The number of piperazine rings is 1. The number of ether oxygens (including phenoxy) is 1. The molecule has 0 atom stereocenters. The van der Waals surface area contributed by atoms with Crippen LogP contribution in [0.15, 0.2) is 0 Å². The molecule has 0 bridgehead atoms. The minimum Gasteiger partial charge on any atom is -0.385 e. The number of hydrogen-bond donors (Lipinski definition) is 2.